The van der Waals surface area contributed by atoms with Gasteiger partial charge >= 0.3 is 0 Å². The molecule has 0 aliphatic carbocycles. The number of piperazine rings is 1. The summed E-state index contributed by atoms with van der Waals surface area (Å²) in [7, 11) is -1.57. The SMILES string of the molecule is CN=C(NCCS(=O)(=O)C(C)(C)C)N1CCN(c2cc(F)ccc2F)CC1. The van der Waals surface area contributed by atoms with Crippen molar-refractivity contribution in [3.8, 4) is 0 Å². The third kappa shape index (κ3) is 5.31. The van der Waals surface area contributed by atoms with E-state index in [2.05, 4.69) is 10.3 Å². The second-order valence-corrected chi connectivity index (χ2v) is 10.3. The van der Waals surface area contributed by atoms with Crippen LogP contribution in [0.25, 0.3) is 0 Å². The van der Waals surface area contributed by atoms with Crippen LogP contribution in [0, 0.1) is 11.6 Å². The van der Waals surface area contributed by atoms with Crippen molar-refractivity contribution in [1.82, 2.24) is 10.2 Å². The van der Waals surface area contributed by atoms with Gasteiger partial charge < -0.3 is 15.1 Å². The summed E-state index contributed by atoms with van der Waals surface area (Å²) < 4.78 is 50.9. The highest BCUT2D eigenvalue weighted by Gasteiger charge is 2.29. The molecule has 1 aliphatic heterocycles. The first kappa shape index (κ1) is 21.4. The van der Waals surface area contributed by atoms with Gasteiger partial charge in [0.1, 0.15) is 11.6 Å². The van der Waals surface area contributed by atoms with E-state index in [9.17, 15) is 17.2 Å². The minimum atomic E-state index is -3.21. The molecule has 27 heavy (non-hydrogen) atoms. The largest absolute Gasteiger partial charge is 0.366 e. The Morgan fingerprint density at radius 1 is 1.19 bits per heavy atom. The zero-order chi connectivity index (χ0) is 20.2. The first-order valence-electron chi connectivity index (χ1n) is 8.93. The molecule has 0 bridgehead atoms. The first-order chi connectivity index (χ1) is 12.5. The van der Waals surface area contributed by atoms with Crippen LogP contribution in [0.2, 0.25) is 0 Å². The normalized spacial score (nSPS) is 16.6. The summed E-state index contributed by atoms with van der Waals surface area (Å²) in [6.45, 7) is 7.49. The number of rotatable bonds is 4. The molecule has 9 heteroatoms. The fourth-order valence-electron chi connectivity index (χ4n) is 2.82. The molecule has 1 aromatic rings. The zero-order valence-electron chi connectivity index (χ0n) is 16.3. The lowest BCUT2D eigenvalue weighted by Gasteiger charge is -2.37. The molecule has 152 valence electrons. The Kier molecular flexibility index (Phi) is 6.67. The van der Waals surface area contributed by atoms with Crippen LogP contribution in [-0.4, -0.2) is 69.5 Å². The molecule has 0 spiro atoms. The Morgan fingerprint density at radius 3 is 2.37 bits per heavy atom. The average molecular weight is 403 g/mol. The number of hydrogen-bond donors (Lipinski definition) is 1. The Hall–Kier alpha value is -1.90. The smallest absolute Gasteiger partial charge is 0.193 e. The lowest BCUT2D eigenvalue weighted by Crippen LogP contribution is -2.53. The molecule has 2 rings (SSSR count). The molecule has 0 unspecified atom stereocenters. The van der Waals surface area contributed by atoms with E-state index in [1.54, 1.807) is 32.7 Å². The van der Waals surface area contributed by atoms with Crippen molar-refractivity contribution in [3.05, 3.63) is 29.8 Å². The molecule has 6 nitrogen and oxygen atoms in total. The van der Waals surface area contributed by atoms with Crippen LogP contribution in [-0.2, 0) is 9.84 Å². The van der Waals surface area contributed by atoms with E-state index in [1.807, 2.05) is 4.90 Å². The average Bonchev–Trinajstić information content (AvgIpc) is 2.60. The summed E-state index contributed by atoms with van der Waals surface area (Å²) in [5.74, 6) is -0.283. The van der Waals surface area contributed by atoms with Crippen molar-refractivity contribution in [3.63, 3.8) is 0 Å². The Labute approximate surface area is 160 Å². The second kappa shape index (κ2) is 8.41. The minimum Gasteiger partial charge on any atom is -0.366 e. The first-order valence-corrected chi connectivity index (χ1v) is 10.6. The van der Waals surface area contributed by atoms with Gasteiger partial charge in [-0.25, -0.2) is 17.2 Å². The predicted molar refractivity (Wildman–Crippen MR) is 105 cm³/mol. The van der Waals surface area contributed by atoms with E-state index in [1.165, 1.54) is 6.07 Å². The fraction of sp³-hybridized carbons (Fsp3) is 0.611. The van der Waals surface area contributed by atoms with Crippen molar-refractivity contribution in [1.29, 1.82) is 0 Å². The molecule has 1 N–H and O–H groups in total. The molecule has 1 heterocycles. The maximum Gasteiger partial charge on any atom is 0.193 e. The van der Waals surface area contributed by atoms with Crippen molar-refractivity contribution >= 4 is 21.5 Å². The number of nitrogens with zero attached hydrogens (tertiary/aromatic N) is 3. The van der Waals surface area contributed by atoms with Gasteiger partial charge in [-0.1, -0.05) is 0 Å². The monoisotopic (exact) mass is 402 g/mol. The lowest BCUT2D eigenvalue weighted by atomic mass is 10.2. The standard InChI is InChI=1S/C18H28F2N4O2S/c1-18(2,3)27(25,26)12-7-22-17(21-4)24-10-8-23(9-11-24)16-13-14(19)5-6-15(16)20/h5-6,13H,7-12H2,1-4H3,(H,21,22). The van der Waals surface area contributed by atoms with Gasteiger partial charge in [-0.2, -0.15) is 0 Å². The second-order valence-electron chi connectivity index (χ2n) is 7.48. The molecule has 1 aromatic carbocycles. The van der Waals surface area contributed by atoms with E-state index >= 15 is 0 Å². The van der Waals surface area contributed by atoms with Crippen LogP contribution >= 0.6 is 0 Å². The number of sulfone groups is 1. The predicted octanol–water partition coefficient (Wildman–Crippen LogP) is 1.88. The fourth-order valence-corrected chi connectivity index (χ4v) is 3.81. The van der Waals surface area contributed by atoms with Crippen molar-refractivity contribution in [2.45, 2.75) is 25.5 Å². The van der Waals surface area contributed by atoms with Crippen molar-refractivity contribution < 1.29 is 17.2 Å². The van der Waals surface area contributed by atoms with Crippen LogP contribution in [0.4, 0.5) is 14.5 Å². The van der Waals surface area contributed by atoms with Gasteiger partial charge in [0.05, 0.1) is 16.2 Å². The summed E-state index contributed by atoms with van der Waals surface area (Å²) in [4.78, 5) is 7.99. The lowest BCUT2D eigenvalue weighted by molar-refractivity contribution is 0.371. The number of nitrogens with one attached hydrogen (secondary N) is 1. The summed E-state index contributed by atoms with van der Waals surface area (Å²) in [6, 6.07) is 3.44. The highest BCUT2D eigenvalue weighted by Crippen LogP contribution is 2.22. The van der Waals surface area contributed by atoms with E-state index in [0.29, 0.717) is 32.1 Å². The van der Waals surface area contributed by atoms with E-state index in [4.69, 9.17) is 0 Å². The molecule has 0 amide bonds. The molecule has 1 fully saturated rings. The summed E-state index contributed by atoms with van der Waals surface area (Å²) in [6.07, 6.45) is 0. The van der Waals surface area contributed by atoms with Gasteiger partial charge in [-0.15, -0.1) is 0 Å². The number of halogens is 2. The van der Waals surface area contributed by atoms with Gasteiger partial charge in [0, 0.05) is 45.8 Å². The third-order valence-corrected chi connectivity index (χ3v) is 7.23. The van der Waals surface area contributed by atoms with Crippen LogP contribution in [0.3, 0.4) is 0 Å². The maximum atomic E-state index is 13.9. The topological polar surface area (TPSA) is 65.0 Å². The zero-order valence-corrected chi connectivity index (χ0v) is 17.1. The number of anilines is 1. The Bertz CT molecular complexity index is 783. The summed E-state index contributed by atoms with van der Waals surface area (Å²) in [5, 5.41) is 3.09. The molecule has 0 saturated carbocycles. The molecular weight excluding hydrogens is 374 g/mol. The van der Waals surface area contributed by atoms with Gasteiger partial charge in [0.2, 0.25) is 0 Å². The Morgan fingerprint density at radius 2 is 1.81 bits per heavy atom. The van der Waals surface area contributed by atoms with Crippen LogP contribution < -0.4 is 10.2 Å². The van der Waals surface area contributed by atoms with Gasteiger partial charge in [0.25, 0.3) is 0 Å². The molecule has 0 aromatic heterocycles. The number of hydrogen-bond acceptors (Lipinski definition) is 4. The van der Waals surface area contributed by atoms with E-state index in [-0.39, 0.29) is 18.0 Å². The number of aliphatic imine (C=N–C) groups is 1. The highest BCUT2D eigenvalue weighted by molar-refractivity contribution is 7.92. The van der Waals surface area contributed by atoms with Crippen LogP contribution in [0.15, 0.2) is 23.2 Å². The van der Waals surface area contributed by atoms with E-state index < -0.39 is 26.2 Å². The van der Waals surface area contributed by atoms with Crippen molar-refractivity contribution in [2.24, 2.45) is 4.99 Å². The van der Waals surface area contributed by atoms with Gasteiger partial charge in [-0.3, -0.25) is 4.99 Å². The Balaban J connectivity index is 1.91. The highest BCUT2D eigenvalue weighted by atomic mass is 32.2. The molecular formula is C18H28F2N4O2S. The summed E-state index contributed by atoms with van der Waals surface area (Å²) in [5.41, 5.74) is 0.258. The molecule has 1 aliphatic rings. The maximum absolute atomic E-state index is 13.9. The minimum absolute atomic E-state index is 0.0178. The van der Waals surface area contributed by atoms with Crippen molar-refractivity contribution in [2.75, 3.05) is 50.4 Å². The third-order valence-electron chi connectivity index (χ3n) is 4.63. The van der Waals surface area contributed by atoms with Gasteiger partial charge in [-0.05, 0) is 32.9 Å². The molecule has 0 atom stereocenters. The van der Waals surface area contributed by atoms with Gasteiger partial charge in [0.15, 0.2) is 15.8 Å². The summed E-state index contributed by atoms with van der Waals surface area (Å²) >= 11 is 0. The van der Waals surface area contributed by atoms with Crippen LogP contribution in [0.1, 0.15) is 20.8 Å². The number of guanidine groups is 1. The van der Waals surface area contributed by atoms with E-state index in [0.717, 1.165) is 12.1 Å². The van der Waals surface area contributed by atoms with Crippen LogP contribution in [0.5, 0.6) is 0 Å². The molecule has 1 saturated heterocycles. The quantitative estimate of drug-likeness (QED) is 0.615. The number of benzene rings is 1. The molecule has 0 radical (unpaired) electrons.